The predicted molar refractivity (Wildman–Crippen MR) is 51.2 cm³/mol. The summed E-state index contributed by atoms with van der Waals surface area (Å²) in [7, 11) is 0. The van der Waals surface area contributed by atoms with E-state index in [1.165, 1.54) is 6.07 Å². The standard InChI is InChI=1S/C10H7FS/c11-9-5-1-4-8-7(9)3-2-6-10(8)12/h1-6,12H. The number of thiol groups is 1. The van der Waals surface area contributed by atoms with Crippen LogP contribution in [0.15, 0.2) is 41.3 Å². The van der Waals surface area contributed by atoms with Crippen molar-refractivity contribution in [3.05, 3.63) is 42.2 Å². The first-order valence-electron chi connectivity index (χ1n) is 3.65. The Morgan fingerprint density at radius 3 is 2.33 bits per heavy atom. The Hall–Kier alpha value is -1.02. The van der Waals surface area contributed by atoms with Gasteiger partial charge in [-0.05, 0) is 17.5 Å². The lowest BCUT2D eigenvalue weighted by molar-refractivity contribution is 0.639. The minimum absolute atomic E-state index is 0.191. The monoisotopic (exact) mass is 178 g/mol. The molecule has 0 N–H and O–H groups in total. The molecule has 0 atom stereocenters. The SMILES string of the molecule is Fc1cccc2c(S)cccc12. The van der Waals surface area contributed by atoms with Gasteiger partial charge in [-0.15, -0.1) is 12.6 Å². The minimum Gasteiger partial charge on any atom is -0.206 e. The van der Waals surface area contributed by atoms with Crippen molar-refractivity contribution in [2.24, 2.45) is 0 Å². The summed E-state index contributed by atoms with van der Waals surface area (Å²) >= 11 is 4.23. The third-order valence-corrected chi connectivity index (χ3v) is 2.24. The fourth-order valence-corrected chi connectivity index (χ4v) is 1.54. The molecule has 60 valence electrons. The molecule has 0 nitrogen and oxygen atoms in total. The van der Waals surface area contributed by atoms with E-state index in [0.717, 1.165) is 10.3 Å². The molecule has 0 aliphatic carbocycles. The highest BCUT2D eigenvalue weighted by Crippen LogP contribution is 2.23. The van der Waals surface area contributed by atoms with Crippen molar-refractivity contribution in [2.75, 3.05) is 0 Å². The van der Waals surface area contributed by atoms with Crippen molar-refractivity contribution in [2.45, 2.75) is 4.90 Å². The largest absolute Gasteiger partial charge is 0.206 e. The number of rotatable bonds is 0. The lowest BCUT2D eigenvalue weighted by atomic mass is 10.1. The van der Waals surface area contributed by atoms with Gasteiger partial charge >= 0.3 is 0 Å². The van der Waals surface area contributed by atoms with Crippen molar-refractivity contribution in [1.82, 2.24) is 0 Å². The summed E-state index contributed by atoms with van der Waals surface area (Å²) in [4.78, 5) is 0.812. The average Bonchev–Trinajstić information content (AvgIpc) is 2.07. The van der Waals surface area contributed by atoms with Crippen LogP contribution in [-0.4, -0.2) is 0 Å². The van der Waals surface area contributed by atoms with Gasteiger partial charge in [0.25, 0.3) is 0 Å². The smallest absolute Gasteiger partial charge is 0.131 e. The molecule has 2 aromatic carbocycles. The molecule has 0 saturated heterocycles. The van der Waals surface area contributed by atoms with E-state index in [-0.39, 0.29) is 5.82 Å². The molecule has 0 radical (unpaired) electrons. The van der Waals surface area contributed by atoms with Gasteiger partial charge in [0.15, 0.2) is 0 Å². The molecular weight excluding hydrogens is 171 g/mol. The maximum atomic E-state index is 13.1. The molecule has 2 heteroatoms. The quantitative estimate of drug-likeness (QED) is 0.588. The Morgan fingerprint density at radius 2 is 1.58 bits per heavy atom. The van der Waals surface area contributed by atoms with Crippen LogP contribution in [0.1, 0.15) is 0 Å². The van der Waals surface area contributed by atoms with E-state index in [1.807, 2.05) is 12.1 Å². The maximum Gasteiger partial charge on any atom is 0.131 e. The van der Waals surface area contributed by atoms with Gasteiger partial charge in [-0.25, -0.2) is 4.39 Å². The average molecular weight is 178 g/mol. The summed E-state index contributed by atoms with van der Waals surface area (Å²) in [5.41, 5.74) is 0. The van der Waals surface area contributed by atoms with Crippen molar-refractivity contribution < 1.29 is 4.39 Å². The first-order valence-corrected chi connectivity index (χ1v) is 4.10. The van der Waals surface area contributed by atoms with Crippen LogP contribution in [0.5, 0.6) is 0 Å². The normalized spacial score (nSPS) is 10.5. The zero-order chi connectivity index (χ0) is 8.55. The van der Waals surface area contributed by atoms with E-state index in [2.05, 4.69) is 12.6 Å². The summed E-state index contributed by atoms with van der Waals surface area (Å²) in [5.74, 6) is -0.191. The molecule has 0 saturated carbocycles. The van der Waals surface area contributed by atoms with E-state index in [4.69, 9.17) is 0 Å². The summed E-state index contributed by atoms with van der Waals surface area (Å²) in [6.07, 6.45) is 0. The third-order valence-electron chi connectivity index (χ3n) is 1.85. The third kappa shape index (κ3) is 1.08. The zero-order valence-electron chi connectivity index (χ0n) is 6.29. The molecule has 0 bridgehead atoms. The van der Waals surface area contributed by atoms with Gasteiger partial charge in [0.1, 0.15) is 5.82 Å². The van der Waals surface area contributed by atoms with Gasteiger partial charge in [0.05, 0.1) is 0 Å². The molecule has 0 unspecified atom stereocenters. The molecule has 0 aromatic heterocycles. The number of benzene rings is 2. The van der Waals surface area contributed by atoms with Crippen molar-refractivity contribution in [3.8, 4) is 0 Å². The van der Waals surface area contributed by atoms with Gasteiger partial charge in [-0.3, -0.25) is 0 Å². The van der Waals surface area contributed by atoms with Gasteiger partial charge in [0, 0.05) is 10.3 Å². The highest BCUT2D eigenvalue weighted by atomic mass is 32.1. The Bertz CT molecular complexity index is 382. The van der Waals surface area contributed by atoms with E-state index >= 15 is 0 Å². The molecule has 0 fully saturated rings. The van der Waals surface area contributed by atoms with Crippen LogP contribution in [-0.2, 0) is 0 Å². The summed E-state index contributed by atoms with van der Waals surface area (Å²) < 4.78 is 13.1. The second kappa shape index (κ2) is 2.79. The van der Waals surface area contributed by atoms with E-state index in [9.17, 15) is 4.39 Å². The van der Waals surface area contributed by atoms with Crippen molar-refractivity contribution in [3.63, 3.8) is 0 Å². The van der Waals surface area contributed by atoms with Crippen LogP contribution in [0, 0.1) is 5.82 Å². The maximum absolute atomic E-state index is 13.1. The van der Waals surface area contributed by atoms with Gasteiger partial charge in [0.2, 0.25) is 0 Å². The summed E-state index contributed by atoms with van der Waals surface area (Å²) in [5, 5.41) is 1.49. The fraction of sp³-hybridized carbons (Fsp3) is 0. The first kappa shape index (κ1) is 7.62. The molecule has 2 rings (SSSR count). The molecule has 0 aliphatic rings. The first-order chi connectivity index (χ1) is 5.79. The number of hydrogen-bond donors (Lipinski definition) is 1. The van der Waals surface area contributed by atoms with Crippen LogP contribution in [0.2, 0.25) is 0 Å². The van der Waals surface area contributed by atoms with Crippen LogP contribution in [0.4, 0.5) is 4.39 Å². The second-order valence-corrected chi connectivity index (χ2v) is 3.09. The molecule has 0 heterocycles. The summed E-state index contributed by atoms with van der Waals surface area (Å²) in [6, 6.07) is 10.4. The van der Waals surface area contributed by atoms with Crippen LogP contribution in [0.25, 0.3) is 10.8 Å². The lowest BCUT2D eigenvalue weighted by Gasteiger charge is -2.00. The molecule has 0 aliphatic heterocycles. The van der Waals surface area contributed by atoms with E-state index < -0.39 is 0 Å². The lowest BCUT2D eigenvalue weighted by Crippen LogP contribution is -1.79. The van der Waals surface area contributed by atoms with Crippen LogP contribution < -0.4 is 0 Å². The number of halogens is 1. The van der Waals surface area contributed by atoms with E-state index in [0.29, 0.717) is 5.39 Å². The number of hydrogen-bond acceptors (Lipinski definition) is 1. The van der Waals surface area contributed by atoms with Crippen LogP contribution >= 0.6 is 12.6 Å². The Balaban J connectivity index is 2.94. The van der Waals surface area contributed by atoms with Gasteiger partial charge < -0.3 is 0 Å². The topological polar surface area (TPSA) is 0 Å². The highest BCUT2D eigenvalue weighted by Gasteiger charge is 2.00. The Morgan fingerprint density at radius 1 is 0.917 bits per heavy atom. The Kier molecular flexibility index (Phi) is 1.77. The van der Waals surface area contributed by atoms with E-state index in [1.54, 1.807) is 18.2 Å². The molecule has 12 heavy (non-hydrogen) atoms. The molecule has 0 spiro atoms. The summed E-state index contributed by atoms with van der Waals surface area (Å²) in [6.45, 7) is 0. The van der Waals surface area contributed by atoms with Crippen LogP contribution in [0.3, 0.4) is 0 Å². The molecule has 2 aromatic rings. The fourth-order valence-electron chi connectivity index (χ4n) is 1.26. The minimum atomic E-state index is -0.191. The molecule has 0 amide bonds. The molecular formula is C10H7FS. The zero-order valence-corrected chi connectivity index (χ0v) is 7.18. The van der Waals surface area contributed by atoms with Gasteiger partial charge in [-0.2, -0.15) is 0 Å². The van der Waals surface area contributed by atoms with Gasteiger partial charge in [-0.1, -0.05) is 24.3 Å². The highest BCUT2D eigenvalue weighted by molar-refractivity contribution is 7.80. The van der Waals surface area contributed by atoms with Crippen molar-refractivity contribution in [1.29, 1.82) is 0 Å². The Labute approximate surface area is 75.4 Å². The van der Waals surface area contributed by atoms with Crippen molar-refractivity contribution >= 4 is 23.4 Å². The second-order valence-electron chi connectivity index (χ2n) is 2.61. The number of fused-ring (bicyclic) bond motifs is 1. The predicted octanol–water partition coefficient (Wildman–Crippen LogP) is 3.27.